The Kier molecular flexibility index (Phi) is 4.60. The molecule has 0 radical (unpaired) electrons. The Bertz CT molecular complexity index is 765. The van der Waals surface area contributed by atoms with Crippen LogP contribution in [0.1, 0.15) is 21.0 Å². The van der Waals surface area contributed by atoms with Crippen LogP contribution in [0.15, 0.2) is 58.2 Å². The van der Waals surface area contributed by atoms with Crippen molar-refractivity contribution >= 4 is 34.1 Å². The number of aryl methyl sites for hydroxylation is 1. The topological polar surface area (TPSA) is 55.1 Å². The number of benzene rings is 1. The smallest absolute Gasteiger partial charge is 0.293 e. The maximum absolute atomic E-state index is 12.3. The molecule has 1 amide bonds. The zero-order chi connectivity index (χ0) is 15.4. The molecule has 6 heteroatoms. The number of aromatic nitrogens is 1. The number of rotatable bonds is 5. The van der Waals surface area contributed by atoms with E-state index in [1.165, 1.54) is 11.3 Å². The lowest BCUT2D eigenvalue weighted by Crippen LogP contribution is -2.12. The summed E-state index contributed by atoms with van der Waals surface area (Å²) >= 11 is 3.11. The molecule has 0 atom stereocenters. The van der Waals surface area contributed by atoms with Gasteiger partial charge < -0.3 is 4.42 Å². The van der Waals surface area contributed by atoms with Gasteiger partial charge in [0.05, 0.1) is 6.26 Å². The highest BCUT2D eigenvalue weighted by Gasteiger charge is 2.16. The lowest BCUT2D eigenvalue weighted by Gasteiger charge is -2.03. The first-order valence-electron chi connectivity index (χ1n) is 6.70. The van der Waals surface area contributed by atoms with Crippen molar-refractivity contribution < 1.29 is 9.21 Å². The number of hydrogen-bond acceptors (Lipinski definition) is 5. The van der Waals surface area contributed by atoms with E-state index >= 15 is 0 Å². The second-order valence-electron chi connectivity index (χ2n) is 4.61. The normalized spacial score (nSPS) is 10.6. The number of furan rings is 1. The Balaban J connectivity index is 1.67. The Morgan fingerprint density at radius 3 is 2.86 bits per heavy atom. The molecule has 0 aliphatic heterocycles. The van der Waals surface area contributed by atoms with Gasteiger partial charge in [0.15, 0.2) is 10.9 Å². The number of carbonyl (C=O) groups is 1. The summed E-state index contributed by atoms with van der Waals surface area (Å²) in [6.07, 6.45) is 3.28. The summed E-state index contributed by atoms with van der Waals surface area (Å²) in [6, 6.07) is 11.9. The van der Waals surface area contributed by atoms with Crippen LogP contribution in [0.5, 0.6) is 0 Å². The maximum Gasteiger partial charge on any atom is 0.293 e. The van der Waals surface area contributed by atoms with Crippen molar-refractivity contribution in [2.24, 2.45) is 0 Å². The molecule has 1 aromatic carbocycles. The third-order valence-corrected chi connectivity index (χ3v) is 4.82. The van der Waals surface area contributed by atoms with E-state index < -0.39 is 0 Å². The molecule has 0 saturated carbocycles. The van der Waals surface area contributed by atoms with Crippen molar-refractivity contribution in [3.63, 3.8) is 0 Å². The molecular formula is C16H14N2O2S2. The fourth-order valence-corrected chi connectivity index (χ4v) is 3.45. The molecule has 4 nitrogen and oxygen atoms in total. The minimum absolute atomic E-state index is 0.261. The second kappa shape index (κ2) is 6.81. The minimum atomic E-state index is -0.261. The van der Waals surface area contributed by atoms with Gasteiger partial charge in [0.25, 0.3) is 5.91 Å². The van der Waals surface area contributed by atoms with E-state index in [9.17, 15) is 4.79 Å². The van der Waals surface area contributed by atoms with Crippen LogP contribution >= 0.6 is 23.1 Å². The minimum Gasteiger partial charge on any atom is -0.459 e. The van der Waals surface area contributed by atoms with Crippen LogP contribution in [0.3, 0.4) is 0 Å². The van der Waals surface area contributed by atoms with Crippen LogP contribution in [0.4, 0.5) is 5.13 Å². The summed E-state index contributed by atoms with van der Waals surface area (Å²) in [4.78, 5) is 18.6. The average molecular weight is 330 g/mol. The number of nitrogens with zero attached hydrogens (tertiary/aromatic N) is 1. The third-order valence-electron chi connectivity index (χ3n) is 2.93. The van der Waals surface area contributed by atoms with E-state index in [-0.39, 0.29) is 5.91 Å². The van der Waals surface area contributed by atoms with Gasteiger partial charge in [-0.15, -0.1) is 23.1 Å². The van der Waals surface area contributed by atoms with Crippen molar-refractivity contribution in [3.05, 3.63) is 65.1 Å². The number of hydrogen-bond donors (Lipinski definition) is 1. The van der Waals surface area contributed by atoms with Crippen molar-refractivity contribution in [2.45, 2.75) is 17.6 Å². The van der Waals surface area contributed by atoms with Gasteiger partial charge in [-0.25, -0.2) is 4.98 Å². The SMILES string of the molecule is Cc1cnc(NC(=O)c2occc2CSc2ccccc2)s1. The van der Waals surface area contributed by atoms with Gasteiger partial charge in [0, 0.05) is 27.3 Å². The number of amides is 1. The lowest BCUT2D eigenvalue weighted by atomic mass is 10.3. The second-order valence-corrected chi connectivity index (χ2v) is 6.89. The molecule has 3 aromatic rings. The van der Waals surface area contributed by atoms with Crippen LogP contribution < -0.4 is 5.32 Å². The molecular weight excluding hydrogens is 316 g/mol. The van der Waals surface area contributed by atoms with Crippen LogP contribution in [0, 0.1) is 6.92 Å². The molecule has 0 aliphatic carbocycles. The van der Waals surface area contributed by atoms with Crippen molar-refractivity contribution in [1.82, 2.24) is 4.98 Å². The highest BCUT2D eigenvalue weighted by Crippen LogP contribution is 2.25. The highest BCUT2D eigenvalue weighted by molar-refractivity contribution is 7.98. The molecule has 0 aliphatic rings. The molecule has 0 spiro atoms. The Hall–Kier alpha value is -2.05. The Morgan fingerprint density at radius 2 is 2.14 bits per heavy atom. The highest BCUT2D eigenvalue weighted by atomic mass is 32.2. The zero-order valence-electron chi connectivity index (χ0n) is 11.9. The van der Waals surface area contributed by atoms with Gasteiger partial charge in [0.2, 0.25) is 0 Å². The number of carbonyl (C=O) groups excluding carboxylic acids is 1. The largest absolute Gasteiger partial charge is 0.459 e. The van der Waals surface area contributed by atoms with Crippen LogP contribution in [-0.4, -0.2) is 10.9 Å². The van der Waals surface area contributed by atoms with E-state index in [1.54, 1.807) is 24.2 Å². The monoisotopic (exact) mass is 330 g/mol. The van der Waals surface area contributed by atoms with E-state index in [0.29, 0.717) is 16.6 Å². The fourth-order valence-electron chi connectivity index (χ4n) is 1.89. The van der Waals surface area contributed by atoms with Crippen LogP contribution in [0.25, 0.3) is 0 Å². The van der Waals surface area contributed by atoms with Gasteiger partial charge >= 0.3 is 0 Å². The molecule has 3 rings (SSSR count). The van der Waals surface area contributed by atoms with Crippen LogP contribution in [0.2, 0.25) is 0 Å². The van der Waals surface area contributed by atoms with Gasteiger partial charge in [-0.2, -0.15) is 0 Å². The summed E-state index contributed by atoms with van der Waals surface area (Å²) < 4.78 is 5.35. The van der Waals surface area contributed by atoms with Crippen LogP contribution in [-0.2, 0) is 5.75 Å². The van der Waals surface area contributed by atoms with Gasteiger partial charge in [-0.05, 0) is 25.1 Å². The molecule has 1 N–H and O–H groups in total. The van der Waals surface area contributed by atoms with Gasteiger partial charge in [-0.3, -0.25) is 10.1 Å². The van der Waals surface area contributed by atoms with Gasteiger partial charge in [0.1, 0.15) is 0 Å². The Labute approximate surface area is 136 Å². The quantitative estimate of drug-likeness (QED) is 0.695. The number of nitrogens with one attached hydrogen (secondary N) is 1. The summed E-state index contributed by atoms with van der Waals surface area (Å²) in [5, 5.41) is 3.35. The maximum atomic E-state index is 12.3. The summed E-state index contributed by atoms with van der Waals surface area (Å²) in [5.41, 5.74) is 0.875. The predicted molar refractivity (Wildman–Crippen MR) is 89.5 cm³/mol. The lowest BCUT2D eigenvalue weighted by molar-refractivity contribution is 0.0996. The van der Waals surface area contributed by atoms with Crippen molar-refractivity contribution in [3.8, 4) is 0 Å². The molecule has 0 saturated heterocycles. The molecule has 2 aromatic heterocycles. The number of thiazole rings is 1. The Morgan fingerprint density at radius 1 is 1.32 bits per heavy atom. The summed E-state index contributed by atoms with van der Waals surface area (Å²) in [5.74, 6) is 0.763. The molecule has 0 fully saturated rings. The molecule has 2 heterocycles. The molecule has 22 heavy (non-hydrogen) atoms. The van der Waals surface area contributed by atoms with E-state index in [1.807, 2.05) is 43.3 Å². The number of anilines is 1. The predicted octanol–water partition coefficient (Wildman–Crippen LogP) is 4.59. The van der Waals surface area contributed by atoms with Crippen molar-refractivity contribution in [2.75, 3.05) is 5.32 Å². The van der Waals surface area contributed by atoms with E-state index in [0.717, 1.165) is 15.3 Å². The fraction of sp³-hybridized carbons (Fsp3) is 0.125. The van der Waals surface area contributed by atoms with E-state index in [4.69, 9.17) is 4.42 Å². The van der Waals surface area contributed by atoms with Gasteiger partial charge in [-0.1, -0.05) is 18.2 Å². The number of thioether (sulfide) groups is 1. The average Bonchev–Trinajstić information content (AvgIpc) is 3.15. The first-order valence-corrected chi connectivity index (χ1v) is 8.50. The van der Waals surface area contributed by atoms with E-state index in [2.05, 4.69) is 10.3 Å². The zero-order valence-corrected chi connectivity index (χ0v) is 13.5. The molecule has 0 bridgehead atoms. The molecule has 112 valence electrons. The summed E-state index contributed by atoms with van der Waals surface area (Å²) in [7, 11) is 0. The summed E-state index contributed by atoms with van der Waals surface area (Å²) in [6.45, 7) is 1.95. The third kappa shape index (κ3) is 3.58. The van der Waals surface area contributed by atoms with Crippen molar-refractivity contribution in [1.29, 1.82) is 0 Å². The first-order chi connectivity index (χ1) is 10.7. The standard InChI is InChI=1S/C16H14N2O2S2/c1-11-9-17-16(22-11)18-15(19)14-12(7-8-20-14)10-21-13-5-3-2-4-6-13/h2-9H,10H2,1H3,(H,17,18,19). The molecule has 0 unspecified atom stereocenters. The first kappa shape index (κ1) is 14.9.